The number of nitrogens with one attached hydrogen (secondary N) is 1. The molecular formula is C27H31IN2O8. The van der Waals surface area contributed by atoms with Gasteiger partial charge in [0.15, 0.2) is 11.5 Å². The van der Waals surface area contributed by atoms with E-state index in [0.29, 0.717) is 27.4 Å². The monoisotopic (exact) mass is 638 g/mol. The number of aldehydes is 1. The van der Waals surface area contributed by atoms with Crippen LogP contribution in [0.5, 0.6) is 11.5 Å². The number of allylic oxidation sites excluding steroid dienone is 1. The average Bonchev–Trinajstić information content (AvgIpc) is 3.44. The highest BCUT2D eigenvalue weighted by molar-refractivity contribution is 14.1. The first-order valence-corrected chi connectivity index (χ1v) is 13.1. The van der Waals surface area contributed by atoms with Crippen molar-refractivity contribution in [3.8, 4) is 11.5 Å². The van der Waals surface area contributed by atoms with Gasteiger partial charge in [0.2, 0.25) is 11.8 Å². The standard InChI is InChI=1S/C27H31IN2O8/c1-3-4-5-24(33)30(14-17-6-9-37-16-17)21-12-19(27(35)29-7-8-31)13-22(25(21)34)38-26-20(28)10-18(15-32)11-23(26)36-2/h3,6,9-11,13,15-16,21-22,25,31,34H,1,4-5,7-8,12,14H2,2H3,(H,29,35)/t21-,22+,25+/m1/s1. The van der Waals surface area contributed by atoms with Crippen molar-refractivity contribution in [3.63, 3.8) is 0 Å². The van der Waals surface area contributed by atoms with E-state index in [1.165, 1.54) is 36.7 Å². The van der Waals surface area contributed by atoms with E-state index in [1.807, 2.05) is 22.6 Å². The van der Waals surface area contributed by atoms with Crippen molar-refractivity contribution in [2.45, 2.75) is 44.1 Å². The van der Waals surface area contributed by atoms with E-state index >= 15 is 0 Å². The molecule has 3 N–H and O–H groups in total. The summed E-state index contributed by atoms with van der Waals surface area (Å²) < 4.78 is 17.4. The van der Waals surface area contributed by atoms with Crippen LogP contribution in [-0.4, -0.2) is 71.7 Å². The van der Waals surface area contributed by atoms with Crippen LogP contribution < -0.4 is 14.8 Å². The minimum absolute atomic E-state index is 0.0464. The Balaban J connectivity index is 2.02. The molecule has 0 saturated heterocycles. The van der Waals surface area contributed by atoms with Crippen molar-refractivity contribution in [2.24, 2.45) is 0 Å². The van der Waals surface area contributed by atoms with Gasteiger partial charge in [-0.3, -0.25) is 14.4 Å². The van der Waals surface area contributed by atoms with Gasteiger partial charge in [0.25, 0.3) is 0 Å². The maximum Gasteiger partial charge on any atom is 0.247 e. The van der Waals surface area contributed by atoms with Gasteiger partial charge in [0.05, 0.1) is 35.9 Å². The van der Waals surface area contributed by atoms with Crippen molar-refractivity contribution < 1.29 is 38.5 Å². The number of halogens is 1. The topological polar surface area (TPSA) is 139 Å². The number of furan rings is 1. The zero-order valence-corrected chi connectivity index (χ0v) is 23.1. The number of aliphatic hydroxyl groups excluding tert-OH is 2. The molecule has 38 heavy (non-hydrogen) atoms. The van der Waals surface area contributed by atoms with Gasteiger partial charge in [-0.05, 0) is 53.3 Å². The summed E-state index contributed by atoms with van der Waals surface area (Å²) >= 11 is 2.00. The SMILES string of the molecule is C=CCCC(=O)N(Cc1ccoc1)[C@@H]1CC(C(=O)NCCO)=C[C@H](Oc2c(I)cc(C=O)cc2OC)[C@H]1O. The Labute approximate surface area is 234 Å². The lowest BCUT2D eigenvalue weighted by Crippen LogP contribution is -2.54. The Hall–Kier alpha value is -3.16. The quantitative estimate of drug-likeness (QED) is 0.173. The number of ether oxygens (including phenoxy) is 2. The third-order valence-electron chi connectivity index (χ3n) is 6.07. The van der Waals surface area contributed by atoms with Gasteiger partial charge in [0, 0.05) is 42.6 Å². The zero-order valence-electron chi connectivity index (χ0n) is 21.0. The Morgan fingerprint density at radius 1 is 1.37 bits per heavy atom. The van der Waals surface area contributed by atoms with Crippen LogP contribution in [0.4, 0.5) is 0 Å². The fourth-order valence-electron chi connectivity index (χ4n) is 4.18. The third kappa shape index (κ3) is 7.23. The number of aliphatic hydroxyl groups is 2. The molecule has 0 aliphatic heterocycles. The summed E-state index contributed by atoms with van der Waals surface area (Å²) in [7, 11) is 1.43. The smallest absolute Gasteiger partial charge is 0.247 e. The average molecular weight is 638 g/mol. The molecule has 204 valence electrons. The Bertz CT molecular complexity index is 1160. The number of benzene rings is 1. The van der Waals surface area contributed by atoms with E-state index < -0.39 is 24.2 Å². The second-order valence-corrected chi connectivity index (χ2v) is 9.81. The predicted octanol–water partition coefficient (Wildman–Crippen LogP) is 2.62. The van der Waals surface area contributed by atoms with Gasteiger partial charge >= 0.3 is 0 Å². The van der Waals surface area contributed by atoms with Gasteiger partial charge in [-0.2, -0.15) is 0 Å². The largest absolute Gasteiger partial charge is 0.493 e. The van der Waals surface area contributed by atoms with Crippen molar-refractivity contribution >= 4 is 40.7 Å². The maximum atomic E-state index is 13.3. The molecule has 2 aromatic rings. The number of hydrogen-bond donors (Lipinski definition) is 3. The molecule has 0 bridgehead atoms. The molecule has 10 nitrogen and oxygen atoms in total. The first kappa shape index (κ1) is 29.4. The summed E-state index contributed by atoms with van der Waals surface area (Å²) in [6.45, 7) is 3.64. The summed E-state index contributed by atoms with van der Waals surface area (Å²) in [6.07, 6.45) is 5.29. The van der Waals surface area contributed by atoms with Crippen molar-refractivity contribution in [2.75, 3.05) is 20.3 Å². The van der Waals surface area contributed by atoms with Gasteiger partial charge in [0.1, 0.15) is 18.5 Å². The summed E-state index contributed by atoms with van der Waals surface area (Å²) in [4.78, 5) is 39.1. The van der Waals surface area contributed by atoms with Gasteiger partial charge < -0.3 is 34.3 Å². The van der Waals surface area contributed by atoms with Crippen LogP contribution in [0, 0.1) is 3.57 Å². The maximum absolute atomic E-state index is 13.3. The Kier molecular flexibility index (Phi) is 10.9. The van der Waals surface area contributed by atoms with Crippen molar-refractivity contribution in [3.05, 3.63) is 69.7 Å². The van der Waals surface area contributed by atoms with Crippen LogP contribution in [0.1, 0.15) is 35.2 Å². The van der Waals surface area contributed by atoms with E-state index in [4.69, 9.17) is 19.0 Å². The normalized spacial score (nSPS) is 18.7. The van der Waals surface area contributed by atoms with E-state index in [9.17, 15) is 19.5 Å². The van der Waals surface area contributed by atoms with Crippen LogP contribution in [0.25, 0.3) is 0 Å². The second kappa shape index (κ2) is 14.1. The Morgan fingerprint density at radius 2 is 2.16 bits per heavy atom. The zero-order chi connectivity index (χ0) is 27.7. The fourth-order valence-corrected chi connectivity index (χ4v) is 4.93. The summed E-state index contributed by atoms with van der Waals surface area (Å²) in [5.41, 5.74) is 1.41. The highest BCUT2D eigenvalue weighted by atomic mass is 127. The minimum atomic E-state index is -1.21. The van der Waals surface area contributed by atoms with Crippen LogP contribution in [0.3, 0.4) is 0 Å². The summed E-state index contributed by atoms with van der Waals surface area (Å²) in [5.74, 6) is -0.0998. The molecule has 1 aliphatic rings. The lowest BCUT2D eigenvalue weighted by atomic mass is 9.87. The first-order valence-electron chi connectivity index (χ1n) is 12.0. The minimum Gasteiger partial charge on any atom is -0.493 e. The van der Waals surface area contributed by atoms with E-state index in [2.05, 4.69) is 11.9 Å². The number of nitrogens with zero attached hydrogens (tertiary/aromatic N) is 1. The lowest BCUT2D eigenvalue weighted by molar-refractivity contribution is -0.139. The highest BCUT2D eigenvalue weighted by Crippen LogP contribution is 2.37. The summed E-state index contributed by atoms with van der Waals surface area (Å²) in [6, 6.07) is 4.04. The molecule has 3 atom stereocenters. The van der Waals surface area contributed by atoms with Crippen molar-refractivity contribution in [1.29, 1.82) is 0 Å². The number of rotatable bonds is 13. The molecule has 0 unspecified atom stereocenters. The number of methoxy groups -OCH3 is 1. The molecule has 11 heteroatoms. The fraction of sp³-hybridized carbons (Fsp3) is 0.370. The molecule has 0 spiro atoms. The molecule has 0 saturated carbocycles. The molecule has 0 radical (unpaired) electrons. The predicted molar refractivity (Wildman–Crippen MR) is 147 cm³/mol. The number of carbonyl (C=O) groups is 3. The van der Waals surface area contributed by atoms with Gasteiger partial charge in [-0.15, -0.1) is 6.58 Å². The van der Waals surface area contributed by atoms with E-state index in [-0.39, 0.29) is 49.9 Å². The van der Waals surface area contributed by atoms with Crippen LogP contribution >= 0.6 is 22.6 Å². The molecule has 1 aliphatic carbocycles. The van der Waals surface area contributed by atoms with Crippen molar-refractivity contribution in [1.82, 2.24) is 10.2 Å². The first-order chi connectivity index (χ1) is 18.3. The van der Waals surface area contributed by atoms with Crippen LogP contribution in [0.15, 0.2) is 59.4 Å². The number of carbonyl (C=O) groups excluding carboxylic acids is 3. The molecule has 0 fully saturated rings. The van der Waals surface area contributed by atoms with E-state index in [0.717, 1.165) is 5.56 Å². The highest BCUT2D eigenvalue weighted by Gasteiger charge is 2.41. The number of amides is 2. The Morgan fingerprint density at radius 3 is 2.79 bits per heavy atom. The molecule has 1 heterocycles. The van der Waals surface area contributed by atoms with Crippen LogP contribution in [-0.2, 0) is 16.1 Å². The van der Waals surface area contributed by atoms with Crippen LogP contribution in [0.2, 0.25) is 0 Å². The molecule has 1 aromatic heterocycles. The van der Waals surface area contributed by atoms with Gasteiger partial charge in [-0.1, -0.05) is 6.08 Å². The van der Waals surface area contributed by atoms with E-state index in [1.54, 1.807) is 18.2 Å². The molecule has 2 amide bonds. The lowest BCUT2D eigenvalue weighted by Gasteiger charge is -2.40. The summed E-state index contributed by atoms with van der Waals surface area (Å²) in [5, 5.41) is 23.3. The second-order valence-electron chi connectivity index (χ2n) is 8.65. The third-order valence-corrected chi connectivity index (χ3v) is 6.87. The number of hydrogen-bond acceptors (Lipinski definition) is 8. The molecule has 1 aromatic carbocycles. The molecular weight excluding hydrogens is 607 g/mol. The van der Waals surface area contributed by atoms with Gasteiger partial charge in [-0.25, -0.2) is 0 Å². The molecule has 3 rings (SSSR count).